The molecule has 3 aromatic rings. The Bertz CT molecular complexity index is 1010. The maximum Gasteiger partial charge on any atom is 0.257 e. The van der Waals surface area contributed by atoms with E-state index in [-0.39, 0.29) is 28.2 Å². The number of imidazole rings is 1. The van der Waals surface area contributed by atoms with E-state index in [9.17, 15) is 4.79 Å². The summed E-state index contributed by atoms with van der Waals surface area (Å²) in [5.41, 5.74) is 5.83. The Morgan fingerprint density at radius 1 is 1.03 bits per heavy atom. The van der Waals surface area contributed by atoms with Gasteiger partial charge in [0.25, 0.3) is 5.82 Å². The highest BCUT2D eigenvalue weighted by Gasteiger charge is 2.29. The number of fused-ring (bicyclic) bond motifs is 1. The third kappa shape index (κ3) is 4.37. The SMILES string of the molecule is Cc1ccc(-c2c[n+](CC(=O)c3ccc(C(C)(C)C)cc3)c3n2CCC3)cc1.[Br-]. The van der Waals surface area contributed by atoms with E-state index in [0.717, 1.165) is 24.9 Å². The van der Waals surface area contributed by atoms with Crippen molar-refractivity contribution >= 4 is 5.78 Å². The number of hydrogen-bond donors (Lipinski definition) is 0. The van der Waals surface area contributed by atoms with E-state index in [2.05, 4.69) is 79.4 Å². The maximum absolute atomic E-state index is 12.9. The smallest absolute Gasteiger partial charge is 0.257 e. The van der Waals surface area contributed by atoms with Crippen LogP contribution in [0.5, 0.6) is 0 Å². The van der Waals surface area contributed by atoms with Gasteiger partial charge < -0.3 is 17.0 Å². The van der Waals surface area contributed by atoms with Gasteiger partial charge in [0.2, 0.25) is 5.78 Å². The van der Waals surface area contributed by atoms with Crippen molar-refractivity contribution in [3.8, 4) is 11.3 Å². The summed E-state index contributed by atoms with van der Waals surface area (Å²) in [7, 11) is 0. The van der Waals surface area contributed by atoms with Crippen LogP contribution in [0.4, 0.5) is 0 Å². The summed E-state index contributed by atoms with van der Waals surface area (Å²) in [6.45, 7) is 10.1. The van der Waals surface area contributed by atoms with Gasteiger partial charge in [0.1, 0.15) is 6.20 Å². The largest absolute Gasteiger partial charge is 1.00 e. The zero-order valence-electron chi connectivity index (χ0n) is 17.7. The molecule has 152 valence electrons. The van der Waals surface area contributed by atoms with Gasteiger partial charge in [-0.3, -0.25) is 4.79 Å². The van der Waals surface area contributed by atoms with Crippen molar-refractivity contribution in [1.29, 1.82) is 0 Å². The Hall–Kier alpha value is -2.20. The molecule has 4 heteroatoms. The number of rotatable bonds is 4. The molecule has 2 heterocycles. The van der Waals surface area contributed by atoms with Crippen LogP contribution >= 0.6 is 0 Å². The van der Waals surface area contributed by atoms with Crippen molar-refractivity contribution in [3.63, 3.8) is 0 Å². The minimum Gasteiger partial charge on any atom is -1.00 e. The molecule has 29 heavy (non-hydrogen) atoms. The Morgan fingerprint density at radius 2 is 1.69 bits per heavy atom. The number of halogens is 1. The second-order valence-electron chi connectivity index (χ2n) is 8.93. The normalized spacial score (nSPS) is 13.1. The molecule has 0 aliphatic carbocycles. The van der Waals surface area contributed by atoms with Gasteiger partial charge in [0, 0.05) is 11.1 Å². The van der Waals surface area contributed by atoms with Crippen LogP contribution in [0.2, 0.25) is 0 Å². The third-order valence-electron chi connectivity index (χ3n) is 5.73. The molecule has 0 saturated heterocycles. The van der Waals surface area contributed by atoms with E-state index in [4.69, 9.17) is 0 Å². The monoisotopic (exact) mass is 452 g/mol. The van der Waals surface area contributed by atoms with Crippen molar-refractivity contribution in [2.75, 3.05) is 0 Å². The molecule has 0 radical (unpaired) electrons. The van der Waals surface area contributed by atoms with Gasteiger partial charge in [-0.2, -0.15) is 0 Å². The first kappa shape index (κ1) is 21.5. The Kier molecular flexibility index (Phi) is 6.13. The highest BCUT2D eigenvalue weighted by atomic mass is 79.9. The second-order valence-corrected chi connectivity index (χ2v) is 8.93. The van der Waals surface area contributed by atoms with Crippen LogP contribution in [0.3, 0.4) is 0 Å². The third-order valence-corrected chi connectivity index (χ3v) is 5.73. The molecule has 0 fully saturated rings. The lowest BCUT2D eigenvalue weighted by Crippen LogP contribution is -3.00. The first-order chi connectivity index (χ1) is 13.3. The van der Waals surface area contributed by atoms with E-state index in [0.29, 0.717) is 6.54 Å². The van der Waals surface area contributed by atoms with Gasteiger partial charge in [0.15, 0.2) is 12.2 Å². The van der Waals surface area contributed by atoms with Gasteiger partial charge in [0.05, 0.1) is 13.0 Å². The summed E-state index contributed by atoms with van der Waals surface area (Å²) < 4.78 is 4.53. The van der Waals surface area contributed by atoms with Gasteiger partial charge in [-0.25, -0.2) is 9.13 Å². The average Bonchev–Trinajstić information content (AvgIpc) is 3.26. The molecule has 0 saturated carbocycles. The lowest BCUT2D eigenvalue weighted by molar-refractivity contribution is -0.689. The highest BCUT2D eigenvalue weighted by Crippen LogP contribution is 2.25. The van der Waals surface area contributed by atoms with E-state index in [1.807, 2.05) is 12.1 Å². The zero-order valence-corrected chi connectivity index (χ0v) is 19.3. The molecule has 0 amide bonds. The summed E-state index contributed by atoms with van der Waals surface area (Å²) in [6, 6.07) is 16.8. The average molecular weight is 453 g/mol. The zero-order chi connectivity index (χ0) is 19.9. The van der Waals surface area contributed by atoms with E-state index in [1.54, 1.807) is 0 Å². The number of aromatic nitrogens is 2. The summed E-state index contributed by atoms with van der Waals surface area (Å²) in [4.78, 5) is 12.9. The molecule has 0 bridgehead atoms. The molecule has 0 atom stereocenters. The fourth-order valence-electron chi connectivity index (χ4n) is 4.00. The molecule has 4 rings (SSSR count). The number of ketones is 1. The van der Waals surface area contributed by atoms with Crippen LogP contribution in [0.25, 0.3) is 11.3 Å². The molecule has 1 aliphatic rings. The minimum atomic E-state index is 0. The Labute approximate surface area is 184 Å². The van der Waals surface area contributed by atoms with Crippen molar-refractivity contribution in [2.24, 2.45) is 0 Å². The predicted molar refractivity (Wildman–Crippen MR) is 113 cm³/mol. The first-order valence-electron chi connectivity index (χ1n) is 10.2. The summed E-state index contributed by atoms with van der Waals surface area (Å²) in [6.07, 6.45) is 4.33. The lowest BCUT2D eigenvalue weighted by atomic mass is 9.86. The number of carbonyl (C=O) groups is 1. The second kappa shape index (κ2) is 8.27. The Balaban J connectivity index is 0.00000240. The standard InChI is InChI=1S/C25H29N2O.BrH/c1-18-7-9-19(10-8-18)22-16-26(24-6-5-15-27(22)24)17-23(28)20-11-13-21(14-12-20)25(2,3)4;/h7-14,16H,5-6,15,17H2,1-4H3;1H/q+1;/p-1. The summed E-state index contributed by atoms with van der Waals surface area (Å²) in [5, 5.41) is 0. The van der Waals surface area contributed by atoms with Gasteiger partial charge in [-0.05, 0) is 24.3 Å². The van der Waals surface area contributed by atoms with Crippen molar-refractivity contribution < 1.29 is 26.3 Å². The molecule has 2 aromatic carbocycles. The molecule has 0 spiro atoms. The highest BCUT2D eigenvalue weighted by molar-refractivity contribution is 5.95. The molecule has 3 nitrogen and oxygen atoms in total. The number of carbonyl (C=O) groups excluding carboxylic acids is 1. The Morgan fingerprint density at radius 3 is 2.31 bits per heavy atom. The summed E-state index contributed by atoms with van der Waals surface area (Å²) in [5.74, 6) is 1.43. The molecular weight excluding hydrogens is 424 g/mol. The van der Waals surface area contributed by atoms with Crippen molar-refractivity contribution in [3.05, 3.63) is 77.2 Å². The number of nitrogens with zero attached hydrogens (tertiary/aromatic N) is 2. The van der Waals surface area contributed by atoms with Gasteiger partial charge in [-0.1, -0.05) is 74.9 Å². The van der Waals surface area contributed by atoms with E-state index < -0.39 is 0 Å². The van der Waals surface area contributed by atoms with Crippen LogP contribution in [0.15, 0.2) is 54.7 Å². The first-order valence-corrected chi connectivity index (χ1v) is 10.2. The molecule has 1 aliphatic heterocycles. The topological polar surface area (TPSA) is 25.9 Å². The number of hydrogen-bond acceptors (Lipinski definition) is 1. The minimum absolute atomic E-state index is 0. The van der Waals surface area contributed by atoms with E-state index >= 15 is 0 Å². The predicted octanol–water partition coefficient (Wildman–Crippen LogP) is 1.88. The molecule has 0 unspecified atom stereocenters. The quantitative estimate of drug-likeness (QED) is 0.438. The number of benzene rings is 2. The fraction of sp³-hybridized carbons (Fsp3) is 0.360. The van der Waals surface area contributed by atoms with Crippen molar-refractivity contribution in [1.82, 2.24) is 4.57 Å². The van der Waals surface area contributed by atoms with Crippen LogP contribution < -0.4 is 21.5 Å². The van der Waals surface area contributed by atoms with Gasteiger partial charge >= 0.3 is 0 Å². The lowest BCUT2D eigenvalue weighted by Gasteiger charge is -2.18. The number of aryl methyl sites for hydroxylation is 1. The van der Waals surface area contributed by atoms with Crippen LogP contribution in [0, 0.1) is 6.92 Å². The molecular formula is C25H29BrN2O. The molecule has 1 aromatic heterocycles. The van der Waals surface area contributed by atoms with E-state index in [1.165, 1.54) is 28.2 Å². The summed E-state index contributed by atoms with van der Waals surface area (Å²) >= 11 is 0. The van der Waals surface area contributed by atoms with Crippen molar-refractivity contribution in [2.45, 2.75) is 59.0 Å². The van der Waals surface area contributed by atoms with Crippen LogP contribution in [0.1, 0.15) is 54.5 Å². The van der Waals surface area contributed by atoms with Crippen LogP contribution in [-0.4, -0.2) is 10.4 Å². The van der Waals surface area contributed by atoms with Crippen LogP contribution in [-0.2, 0) is 24.9 Å². The molecule has 0 N–H and O–H groups in total. The fourth-order valence-corrected chi connectivity index (χ4v) is 4.00. The maximum atomic E-state index is 12.9. The van der Waals surface area contributed by atoms with Gasteiger partial charge in [-0.15, -0.1) is 0 Å². The number of Topliss-reactive ketones (excluding diaryl/α,β-unsaturated/α-hetero) is 1.